The molecule has 100 valence electrons. The predicted molar refractivity (Wildman–Crippen MR) is 79.1 cm³/mol. The van der Waals surface area contributed by atoms with Crippen LogP contribution >= 0.6 is 9.39 Å². The molecule has 0 bridgehead atoms. The Hall–Kier alpha value is 0.390. The fourth-order valence-corrected chi connectivity index (χ4v) is 4.00. The highest BCUT2D eigenvalue weighted by molar-refractivity contribution is 7.13. The normalized spacial score (nSPS) is 28.1. The van der Waals surface area contributed by atoms with Gasteiger partial charge in [0.2, 0.25) is 0 Å². The maximum atomic E-state index is 2.88. The van der Waals surface area contributed by atoms with Gasteiger partial charge >= 0.3 is 0 Å². The molecular formula is C15H30NP. The first kappa shape index (κ1) is 13.8. The molecule has 1 nitrogen and oxygen atoms in total. The van der Waals surface area contributed by atoms with E-state index in [1.807, 2.05) is 0 Å². The summed E-state index contributed by atoms with van der Waals surface area (Å²) in [6.07, 6.45) is 16.5. The molecule has 0 N–H and O–H groups in total. The van der Waals surface area contributed by atoms with E-state index in [0.29, 0.717) is 0 Å². The Kier molecular flexibility index (Phi) is 6.29. The van der Waals surface area contributed by atoms with E-state index in [9.17, 15) is 0 Å². The fourth-order valence-electron chi connectivity index (χ4n) is 3.70. The number of nitrogens with zero attached hydrogens (tertiary/aromatic N) is 1. The maximum Gasteiger partial charge on any atom is 0.00189 e. The van der Waals surface area contributed by atoms with Crippen LogP contribution in [0.15, 0.2) is 0 Å². The summed E-state index contributed by atoms with van der Waals surface area (Å²) in [5.74, 6) is 2.11. The number of hydrogen-bond donors (Lipinski definition) is 0. The molecule has 0 aromatic heterocycles. The van der Waals surface area contributed by atoms with E-state index < -0.39 is 0 Å². The molecule has 0 spiro atoms. The molecule has 1 unspecified atom stereocenters. The van der Waals surface area contributed by atoms with Crippen molar-refractivity contribution in [2.45, 2.75) is 70.6 Å². The van der Waals surface area contributed by atoms with Gasteiger partial charge in [-0.1, -0.05) is 67.2 Å². The lowest BCUT2D eigenvalue weighted by atomic mass is 9.78. The van der Waals surface area contributed by atoms with Crippen molar-refractivity contribution in [3.8, 4) is 0 Å². The lowest BCUT2D eigenvalue weighted by molar-refractivity contribution is 0.188. The van der Waals surface area contributed by atoms with Gasteiger partial charge in [-0.2, -0.15) is 0 Å². The molecule has 0 radical (unpaired) electrons. The van der Waals surface area contributed by atoms with Crippen LogP contribution in [0.3, 0.4) is 0 Å². The van der Waals surface area contributed by atoms with Gasteiger partial charge in [0.25, 0.3) is 0 Å². The summed E-state index contributed by atoms with van der Waals surface area (Å²) in [7, 11) is 2.88. The zero-order valence-corrected chi connectivity index (χ0v) is 12.5. The van der Waals surface area contributed by atoms with Crippen molar-refractivity contribution < 1.29 is 0 Å². The van der Waals surface area contributed by atoms with Crippen molar-refractivity contribution in [2.75, 3.05) is 13.1 Å². The Labute approximate surface area is 110 Å². The number of hydrogen-bond acceptors (Lipinski definition) is 1. The molecule has 17 heavy (non-hydrogen) atoms. The summed E-state index contributed by atoms with van der Waals surface area (Å²) in [6, 6.07) is 0. The molecule has 1 heterocycles. The highest BCUT2D eigenvalue weighted by Gasteiger charge is 2.24. The van der Waals surface area contributed by atoms with Gasteiger partial charge in [0.1, 0.15) is 0 Å². The fraction of sp³-hybridized carbons (Fsp3) is 1.00. The van der Waals surface area contributed by atoms with E-state index >= 15 is 0 Å². The second-order valence-corrected chi connectivity index (χ2v) is 6.92. The summed E-state index contributed by atoms with van der Waals surface area (Å²) in [5, 5.41) is 0. The molecule has 0 amide bonds. The second-order valence-electron chi connectivity index (χ2n) is 6.19. The average molecular weight is 255 g/mol. The molecule has 1 saturated carbocycles. The van der Waals surface area contributed by atoms with E-state index in [4.69, 9.17) is 0 Å². The zero-order valence-electron chi connectivity index (χ0n) is 11.4. The van der Waals surface area contributed by atoms with E-state index in [1.54, 1.807) is 0 Å². The number of piperidine rings is 1. The van der Waals surface area contributed by atoms with Crippen molar-refractivity contribution >= 4 is 9.39 Å². The molecule has 1 aliphatic heterocycles. The van der Waals surface area contributed by atoms with Crippen LogP contribution in [0.1, 0.15) is 70.6 Å². The largest absolute Gasteiger partial charge is 0.287 e. The van der Waals surface area contributed by atoms with Gasteiger partial charge in [-0.05, 0) is 24.7 Å². The summed E-state index contributed by atoms with van der Waals surface area (Å²) in [4.78, 5) is 0. The molecular weight excluding hydrogens is 225 g/mol. The van der Waals surface area contributed by atoms with Crippen LogP contribution in [-0.4, -0.2) is 17.8 Å². The van der Waals surface area contributed by atoms with Gasteiger partial charge in [-0.25, -0.2) is 0 Å². The van der Waals surface area contributed by atoms with Gasteiger partial charge in [0, 0.05) is 13.1 Å². The van der Waals surface area contributed by atoms with Crippen LogP contribution < -0.4 is 0 Å². The lowest BCUT2D eigenvalue weighted by Crippen LogP contribution is -2.30. The van der Waals surface area contributed by atoms with Gasteiger partial charge in [0.15, 0.2) is 0 Å². The summed E-state index contributed by atoms with van der Waals surface area (Å²) in [6.45, 7) is 2.62. The van der Waals surface area contributed by atoms with E-state index in [2.05, 4.69) is 14.1 Å². The predicted octanol–water partition coefficient (Wildman–Crippen LogP) is 4.63. The highest BCUT2D eigenvalue weighted by Crippen LogP contribution is 2.34. The topological polar surface area (TPSA) is 3.24 Å². The Bertz CT molecular complexity index is 189. The van der Waals surface area contributed by atoms with Crippen molar-refractivity contribution in [3.63, 3.8) is 0 Å². The van der Waals surface area contributed by atoms with Crippen LogP contribution in [-0.2, 0) is 0 Å². The second kappa shape index (κ2) is 7.74. The molecule has 2 aliphatic rings. The smallest absolute Gasteiger partial charge is 0.00189 e. The minimum absolute atomic E-state index is 1.05. The molecule has 2 rings (SSSR count). The molecule has 2 fully saturated rings. The number of rotatable bonds is 1. The monoisotopic (exact) mass is 255 g/mol. The van der Waals surface area contributed by atoms with Gasteiger partial charge < -0.3 is 0 Å². The first-order valence-corrected chi connectivity index (χ1v) is 8.37. The first-order valence-electron chi connectivity index (χ1n) is 7.86. The van der Waals surface area contributed by atoms with Crippen LogP contribution in [0, 0.1) is 11.8 Å². The zero-order chi connectivity index (χ0) is 11.9. The van der Waals surface area contributed by atoms with E-state index in [0.717, 1.165) is 11.8 Å². The third-order valence-corrected chi connectivity index (χ3v) is 5.41. The highest BCUT2D eigenvalue weighted by atomic mass is 31.0. The molecule has 1 atom stereocenters. The molecule has 0 aromatic carbocycles. The minimum atomic E-state index is 1.05. The third-order valence-electron chi connectivity index (χ3n) is 4.89. The van der Waals surface area contributed by atoms with Crippen LogP contribution in [0.25, 0.3) is 0 Å². The Morgan fingerprint density at radius 3 is 1.53 bits per heavy atom. The van der Waals surface area contributed by atoms with E-state index in [-0.39, 0.29) is 0 Å². The van der Waals surface area contributed by atoms with Gasteiger partial charge in [0.05, 0.1) is 0 Å². The summed E-state index contributed by atoms with van der Waals surface area (Å²) >= 11 is 0. The van der Waals surface area contributed by atoms with Crippen LogP contribution in [0.4, 0.5) is 0 Å². The van der Waals surface area contributed by atoms with Gasteiger partial charge in [-0.15, -0.1) is 0 Å². The van der Waals surface area contributed by atoms with Crippen molar-refractivity contribution in [2.24, 2.45) is 11.8 Å². The molecule has 0 aromatic rings. The van der Waals surface area contributed by atoms with Crippen LogP contribution in [0.5, 0.6) is 0 Å². The van der Waals surface area contributed by atoms with Crippen LogP contribution in [0.2, 0.25) is 0 Å². The summed E-state index contributed by atoms with van der Waals surface area (Å²) in [5.41, 5.74) is 0. The van der Waals surface area contributed by atoms with Crippen molar-refractivity contribution in [1.29, 1.82) is 0 Å². The lowest BCUT2D eigenvalue weighted by Gasteiger charge is -2.34. The summed E-state index contributed by atoms with van der Waals surface area (Å²) < 4.78 is 2.43. The Balaban J connectivity index is 1.78. The van der Waals surface area contributed by atoms with Gasteiger partial charge in [-0.3, -0.25) is 4.67 Å². The first-order chi connectivity index (χ1) is 8.36. The average Bonchev–Trinajstić information content (AvgIpc) is 2.37. The van der Waals surface area contributed by atoms with Crippen molar-refractivity contribution in [3.05, 3.63) is 0 Å². The molecule has 1 aliphatic carbocycles. The quantitative estimate of drug-likeness (QED) is 0.617. The Morgan fingerprint density at radius 2 is 1.00 bits per heavy atom. The Morgan fingerprint density at radius 1 is 0.588 bits per heavy atom. The van der Waals surface area contributed by atoms with E-state index in [1.165, 1.54) is 83.7 Å². The standard InChI is InChI=1S/C15H30NP/c17-16-12-10-15(11-13-16)14-8-6-4-2-1-3-5-7-9-14/h14-15H,1-13,17H2. The SMILES string of the molecule is PN1CCC(C2CCCCCCCCC2)CC1. The molecule has 2 heteroatoms. The maximum absolute atomic E-state index is 2.88. The third kappa shape index (κ3) is 4.87. The molecule has 1 saturated heterocycles. The van der Waals surface area contributed by atoms with Crippen molar-refractivity contribution in [1.82, 2.24) is 4.67 Å². The minimum Gasteiger partial charge on any atom is -0.287 e.